The molecule has 2 heterocycles. The summed E-state index contributed by atoms with van der Waals surface area (Å²) >= 11 is 7.58. The number of carbonyl (C=O) groups is 2. The monoisotopic (exact) mass is 521 g/mol. The van der Waals surface area contributed by atoms with E-state index in [4.69, 9.17) is 16.9 Å². The number of nitrogens with one attached hydrogen (secondary N) is 1. The van der Waals surface area contributed by atoms with Crippen LogP contribution in [-0.2, 0) is 16.1 Å². The molecule has 1 aliphatic rings. The molecular weight excluding hydrogens is 494 g/mol. The Hall–Kier alpha value is -3.38. The molecule has 4 rings (SSSR count). The number of hydrogen-bond donors (Lipinski definition) is 1. The lowest BCUT2D eigenvalue weighted by Gasteiger charge is -2.23. The van der Waals surface area contributed by atoms with E-state index >= 15 is 0 Å². The smallest absolute Gasteiger partial charge is 0.227 e. The number of anilines is 2. The van der Waals surface area contributed by atoms with Gasteiger partial charge in [-0.15, -0.1) is 0 Å². The molecule has 9 heteroatoms. The molecular formula is C27H28ClN5O2S. The zero-order valence-electron chi connectivity index (χ0n) is 20.3. The van der Waals surface area contributed by atoms with Crippen LogP contribution in [-0.4, -0.2) is 37.3 Å². The van der Waals surface area contributed by atoms with Gasteiger partial charge < -0.3 is 19.3 Å². The minimum absolute atomic E-state index is 0.207. The summed E-state index contributed by atoms with van der Waals surface area (Å²) in [5.41, 5.74) is 4.36. The van der Waals surface area contributed by atoms with Crippen LogP contribution in [0.25, 0.3) is 0 Å². The average molecular weight is 522 g/mol. The van der Waals surface area contributed by atoms with Crippen molar-refractivity contribution in [3.8, 4) is 6.07 Å². The van der Waals surface area contributed by atoms with E-state index in [9.17, 15) is 9.59 Å². The number of nitriles is 1. The third kappa shape index (κ3) is 7.31. The van der Waals surface area contributed by atoms with Crippen LogP contribution in [0.2, 0.25) is 5.02 Å². The number of aldehydes is 1. The molecule has 7 nitrogen and oxygen atoms in total. The van der Waals surface area contributed by atoms with Crippen molar-refractivity contribution >= 4 is 47.1 Å². The van der Waals surface area contributed by atoms with Crippen LogP contribution in [0.3, 0.4) is 0 Å². The average Bonchev–Trinajstić information content (AvgIpc) is 3.33. The first-order valence-corrected chi connectivity index (χ1v) is 12.7. The van der Waals surface area contributed by atoms with Crippen molar-refractivity contribution in [1.82, 2.24) is 10.3 Å². The van der Waals surface area contributed by atoms with Gasteiger partial charge in [0.15, 0.2) is 0 Å². The van der Waals surface area contributed by atoms with Gasteiger partial charge in [-0.05, 0) is 86.4 Å². The summed E-state index contributed by atoms with van der Waals surface area (Å²) in [6.07, 6.45) is 4.25. The van der Waals surface area contributed by atoms with Gasteiger partial charge in [0.1, 0.15) is 6.29 Å². The van der Waals surface area contributed by atoms with E-state index < -0.39 is 0 Å². The van der Waals surface area contributed by atoms with Crippen LogP contribution in [0.4, 0.5) is 11.4 Å². The van der Waals surface area contributed by atoms with Crippen LogP contribution in [0.5, 0.6) is 0 Å². The van der Waals surface area contributed by atoms with E-state index in [2.05, 4.69) is 16.4 Å². The summed E-state index contributed by atoms with van der Waals surface area (Å²) in [7, 11) is 1.89. The zero-order chi connectivity index (χ0) is 25.9. The summed E-state index contributed by atoms with van der Waals surface area (Å²) in [5.74, 6) is 0.207. The molecule has 0 bridgehead atoms. The Morgan fingerprint density at radius 1 is 1.22 bits per heavy atom. The number of hydrogen-bond acceptors (Lipinski definition) is 7. The summed E-state index contributed by atoms with van der Waals surface area (Å²) in [6.45, 7) is 3.76. The highest BCUT2D eigenvalue weighted by atomic mass is 35.5. The number of rotatable bonds is 8. The highest BCUT2D eigenvalue weighted by Gasteiger charge is 2.21. The van der Waals surface area contributed by atoms with Crippen LogP contribution < -0.4 is 14.5 Å². The van der Waals surface area contributed by atoms with E-state index in [0.717, 1.165) is 53.3 Å². The Balaban J connectivity index is 0.000000212. The Morgan fingerprint density at radius 3 is 2.58 bits per heavy atom. The van der Waals surface area contributed by atoms with Crippen molar-refractivity contribution in [2.45, 2.75) is 31.2 Å². The minimum Gasteiger partial charge on any atom is -0.314 e. The fraction of sp³-hybridized carbons (Fsp3) is 0.259. The molecule has 186 valence electrons. The van der Waals surface area contributed by atoms with Crippen molar-refractivity contribution in [1.29, 1.82) is 5.26 Å². The van der Waals surface area contributed by atoms with E-state index in [1.807, 2.05) is 60.7 Å². The Bertz CT molecular complexity index is 1210. The number of aromatic nitrogens is 1. The van der Waals surface area contributed by atoms with Gasteiger partial charge in [0.2, 0.25) is 5.91 Å². The van der Waals surface area contributed by atoms with E-state index in [-0.39, 0.29) is 12.5 Å². The van der Waals surface area contributed by atoms with Crippen LogP contribution in [0.1, 0.15) is 29.7 Å². The molecule has 0 atom stereocenters. The van der Waals surface area contributed by atoms with Gasteiger partial charge in [0.25, 0.3) is 0 Å². The number of pyridine rings is 1. The van der Waals surface area contributed by atoms with Crippen molar-refractivity contribution in [2.24, 2.45) is 0 Å². The Labute approximate surface area is 221 Å². The Kier molecular flexibility index (Phi) is 10.3. The topological polar surface area (TPSA) is 89.3 Å². The fourth-order valence-corrected chi connectivity index (χ4v) is 4.73. The van der Waals surface area contributed by atoms with Gasteiger partial charge in [0, 0.05) is 29.4 Å². The zero-order valence-corrected chi connectivity index (χ0v) is 21.9. The summed E-state index contributed by atoms with van der Waals surface area (Å²) < 4.78 is 1.88. The molecule has 0 unspecified atom stereocenters. The molecule has 1 fully saturated rings. The van der Waals surface area contributed by atoms with Crippen molar-refractivity contribution in [2.75, 3.05) is 29.3 Å². The standard InChI is InChI=1S/C16H13ClN2OS.C11H15N3O/c1-12-15(17)3-2-4-16(12)19(9-10-20)21-14-7-5-13(11-18)6-8-14;1-12-7-9-4-5-10(8-13-9)14-6-2-3-11(14)15/h2-8,10H,9H2,1H3;4-5,8,12H,2-3,6-7H2,1H3. The molecule has 1 amide bonds. The Morgan fingerprint density at radius 2 is 2.00 bits per heavy atom. The third-order valence-corrected chi connectivity index (χ3v) is 6.96. The van der Waals surface area contributed by atoms with E-state index in [1.54, 1.807) is 23.2 Å². The number of amides is 1. The minimum atomic E-state index is 0.207. The lowest BCUT2D eigenvalue weighted by atomic mass is 10.2. The molecule has 0 aliphatic carbocycles. The lowest BCUT2D eigenvalue weighted by Crippen LogP contribution is -2.23. The number of nitrogens with zero attached hydrogens (tertiary/aromatic N) is 4. The molecule has 0 spiro atoms. The second-order valence-corrected chi connectivity index (χ2v) is 9.53. The fourth-order valence-electron chi connectivity index (χ4n) is 3.62. The highest BCUT2D eigenvalue weighted by Crippen LogP contribution is 2.33. The maximum atomic E-state index is 11.5. The largest absolute Gasteiger partial charge is 0.314 e. The van der Waals surface area contributed by atoms with Crippen molar-refractivity contribution in [3.05, 3.63) is 82.6 Å². The molecule has 1 saturated heterocycles. The van der Waals surface area contributed by atoms with Crippen LogP contribution in [0.15, 0.2) is 65.7 Å². The van der Waals surface area contributed by atoms with Gasteiger partial charge in [0.05, 0.1) is 41.4 Å². The molecule has 2 aromatic carbocycles. The van der Waals surface area contributed by atoms with Crippen molar-refractivity contribution in [3.63, 3.8) is 0 Å². The van der Waals surface area contributed by atoms with Crippen LogP contribution >= 0.6 is 23.5 Å². The maximum absolute atomic E-state index is 11.5. The SMILES string of the molecule is CNCc1ccc(N2CCCC2=O)cn1.Cc1c(Cl)cccc1N(CC=O)Sc1ccc(C#N)cc1. The number of halogens is 1. The van der Waals surface area contributed by atoms with Gasteiger partial charge >= 0.3 is 0 Å². The van der Waals surface area contributed by atoms with Gasteiger partial charge in [-0.3, -0.25) is 9.78 Å². The number of carbonyl (C=O) groups excluding carboxylic acids is 2. The molecule has 0 saturated carbocycles. The summed E-state index contributed by atoms with van der Waals surface area (Å²) in [6, 6.07) is 18.9. The second-order valence-electron chi connectivity index (χ2n) is 8.03. The molecule has 1 aromatic heterocycles. The number of benzene rings is 2. The first-order chi connectivity index (χ1) is 17.5. The third-order valence-electron chi connectivity index (χ3n) is 5.50. The predicted molar refractivity (Wildman–Crippen MR) is 145 cm³/mol. The second kappa shape index (κ2) is 13.6. The maximum Gasteiger partial charge on any atom is 0.227 e. The molecule has 3 aromatic rings. The van der Waals surface area contributed by atoms with Crippen molar-refractivity contribution < 1.29 is 9.59 Å². The molecule has 1 N–H and O–H groups in total. The van der Waals surface area contributed by atoms with Crippen LogP contribution in [0, 0.1) is 18.3 Å². The normalized spacial score (nSPS) is 12.5. The summed E-state index contributed by atoms with van der Waals surface area (Å²) in [5, 5.41) is 12.5. The molecule has 1 aliphatic heterocycles. The van der Waals surface area contributed by atoms with E-state index in [1.165, 1.54) is 11.9 Å². The molecule has 36 heavy (non-hydrogen) atoms. The van der Waals surface area contributed by atoms with Gasteiger partial charge in [-0.1, -0.05) is 17.7 Å². The van der Waals surface area contributed by atoms with E-state index in [0.29, 0.717) is 17.0 Å². The van der Waals surface area contributed by atoms with Gasteiger partial charge in [-0.25, -0.2) is 0 Å². The quantitative estimate of drug-likeness (QED) is 0.323. The first kappa shape index (κ1) is 27.2. The molecule has 0 radical (unpaired) electrons. The predicted octanol–water partition coefficient (Wildman–Crippen LogP) is 5.16. The highest BCUT2D eigenvalue weighted by molar-refractivity contribution is 8.00. The first-order valence-electron chi connectivity index (χ1n) is 11.5. The lowest BCUT2D eigenvalue weighted by molar-refractivity contribution is -0.117. The van der Waals surface area contributed by atoms with Gasteiger partial charge in [-0.2, -0.15) is 5.26 Å². The summed E-state index contributed by atoms with van der Waals surface area (Å²) in [4.78, 5) is 29.5.